The number of hydrogen-bond acceptors (Lipinski definition) is 3. The summed E-state index contributed by atoms with van der Waals surface area (Å²) in [5, 5.41) is 9.50. The maximum Gasteiger partial charge on any atom is 0.325 e. The van der Waals surface area contributed by atoms with E-state index < -0.39 is 5.54 Å². The number of carbonyl (C=O) groups excluding carboxylic acids is 2. The second kappa shape index (κ2) is 8.35. The zero-order valence-corrected chi connectivity index (χ0v) is 15.2. The van der Waals surface area contributed by atoms with Gasteiger partial charge in [0.25, 0.3) is 5.91 Å². The Hall–Kier alpha value is -1.79. The van der Waals surface area contributed by atoms with Gasteiger partial charge in [-0.1, -0.05) is 19.8 Å². The first-order valence-electron chi connectivity index (χ1n) is 9.19. The van der Waals surface area contributed by atoms with Crippen LogP contribution in [-0.2, 0) is 4.79 Å². The summed E-state index contributed by atoms with van der Waals surface area (Å²) in [5.41, 5.74) is -0.751. The Morgan fingerprint density at radius 2 is 2.04 bits per heavy atom. The normalized spacial score (nSPS) is 25.3. The number of aliphatic imine (C=N–C) groups is 1. The van der Waals surface area contributed by atoms with Crippen molar-refractivity contribution < 1.29 is 9.59 Å². The Balaban J connectivity index is 1.81. The molecule has 0 radical (unpaired) electrons. The molecule has 2 fully saturated rings. The quantitative estimate of drug-likeness (QED) is 0.285. The molecular weight excluding hydrogens is 306 g/mol. The summed E-state index contributed by atoms with van der Waals surface area (Å²) in [5.74, 6) is 0.704. The lowest BCUT2D eigenvalue weighted by molar-refractivity contribution is -0.130. The highest BCUT2D eigenvalue weighted by molar-refractivity contribution is 6.06. The van der Waals surface area contributed by atoms with Crippen LogP contribution in [0.2, 0.25) is 0 Å². The molecule has 7 nitrogen and oxygen atoms in total. The lowest BCUT2D eigenvalue weighted by Gasteiger charge is -2.19. The molecule has 3 amide bonds. The van der Waals surface area contributed by atoms with E-state index in [-0.39, 0.29) is 11.9 Å². The van der Waals surface area contributed by atoms with Crippen molar-refractivity contribution in [2.75, 3.05) is 19.6 Å². The first kappa shape index (κ1) is 18.5. The number of carbonyl (C=O) groups is 2. The summed E-state index contributed by atoms with van der Waals surface area (Å²) >= 11 is 0. The summed E-state index contributed by atoms with van der Waals surface area (Å²) in [6, 6.07) is 0.225. The fourth-order valence-corrected chi connectivity index (χ4v) is 3.19. The molecule has 0 bridgehead atoms. The first-order chi connectivity index (χ1) is 11.5. The third kappa shape index (κ3) is 4.39. The molecule has 136 valence electrons. The molecule has 3 N–H and O–H groups in total. The predicted octanol–water partition coefficient (Wildman–Crippen LogP) is 1.59. The van der Waals surface area contributed by atoms with E-state index in [0.717, 1.165) is 12.5 Å². The minimum absolute atomic E-state index is 0.130. The van der Waals surface area contributed by atoms with Crippen LogP contribution >= 0.6 is 0 Å². The van der Waals surface area contributed by atoms with E-state index in [2.05, 4.69) is 20.9 Å². The minimum atomic E-state index is -0.751. The van der Waals surface area contributed by atoms with Crippen molar-refractivity contribution in [3.05, 3.63) is 0 Å². The third-order valence-electron chi connectivity index (χ3n) is 4.90. The van der Waals surface area contributed by atoms with Crippen LogP contribution in [0.5, 0.6) is 0 Å². The molecule has 1 aliphatic carbocycles. The van der Waals surface area contributed by atoms with Gasteiger partial charge in [-0.2, -0.15) is 0 Å². The van der Waals surface area contributed by atoms with E-state index in [1.54, 1.807) is 6.92 Å². The van der Waals surface area contributed by atoms with E-state index >= 15 is 0 Å². The third-order valence-corrected chi connectivity index (χ3v) is 4.90. The smallest absolute Gasteiger partial charge is 0.325 e. The topological polar surface area (TPSA) is 85.8 Å². The van der Waals surface area contributed by atoms with Crippen molar-refractivity contribution in [2.24, 2.45) is 4.99 Å². The van der Waals surface area contributed by atoms with Gasteiger partial charge in [-0.05, 0) is 39.5 Å². The van der Waals surface area contributed by atoms with Gasteiger partial charge in [0.1, 0.15) is 5.54 Å². The minimum Gasteiger partial charge on any atom is -0.357 e. The highest BCUT2D eigenvalue weighted by Gasteiger charge is 2.45. The number of amides is 3. The number of nitrogens with one attached hydrogen (secondary N) is 3. The molecule has 24 heavy (non-hydrogen) atoms. The first-order valence-corrected chi connectivity index (χ1v) is 9.19. The highest BCUT2D eigenvalue weighted by Crippen LogP contribution is 2.21. The van der Waals surface area contributed by atoms with E-state index in [1.165, 1.54) is 30.6 Å². The lowest BCUT2D eigenvalue weighted by Crippen LogP contribution is -2.43. The zero-order chi connectivity index (χ0) is 17.6. The van der Waals surface area contributed by atoms with Crippen molar-refractivity contribution >= 4 is 17.9 Å². The van der Waals surface area contributed by atoms with Crippen LogP contribution in [0.3, 0.4) is 0 Å². The van der Waals surface area contributed by atoms with E-state index in [4.69, 9.17) is 0 Å². The second-order valence-electron chi connectivity index (χ2n) is 6.81. The average molecular weight is 337 g/mol. The van der Waals surface area contributed by atoms with Gasteiger partial charge in [0.15, 0.2) is 5.96 Å². The molecule has 7 heteroatoms. The fourth-order valence-electron chi connectivity index (χ4n) is 3.19. The second-order valence-corrected chi connectivity index (χ2v) is 6.81. The molecule has 1 aliphatic heterocycles. The number of imide groups is 1. The van der Waals surface area contributed by atoms with Gasteiger partial charge in [-0.25, -0.2) is 4.79 Å². The maximum absolute atomic E-state index is 12.3. The van der Waals surface area contributed by atoms with E-state index in [1.807, 2.05) is 13.8 Å². The average Bonchev–Trinajstić information content (AvgIpc) is 3.13. The van der Waals surface area contributed by atoms with Crippen LogP contribution in [0, 0.1) is 0 Å². The Morgan fingerprint density at radius 3 is 2.62 bits per heavy atom. The van der Waals surface area contributed by atoms with Gasteiger partial charge in [0, 0.05) is 25.7 Å². The summed E-state index contributed by atoms with van der Waals surface area (Å²) in [6.07, 6.45) is 6.21. The number of hydrogen-bond donors (Lipinski definition) is 3. The van der Waals surface area contributed by atoms with Crippen LogP contribution in [-0.4, -0.2) is 54.0 Å². The number of urea groups is 1. The van der Waals surface area contributed by atoms with E-state index in [9.17, 15) is 9.59 Å². The maximum atomic E-state index is 12.3. The van der Waals surface area contributed by atoms with Gasteiger partial charge in [0.2, 0.25) is 0 Å². The zero-order valence-electron chi connectivity index (χ0n) is 15.2. The molecule has 1 heterocycles. The van der Waals surface area contributed by atoms with Crippen molar-refractivity contribution in [2.45, 2.75) is 70.9 Å². The van der Waals surface area contributed by atoms with E-state index in [0.29, 0.717) is 32.0 Å². The van der Waals surface area contributed by atoms with Crippen LogP contribution in [0.4, 0.5) is 4.79 Å². The molecule has 0 aromatic heterocycles. The van der Waals surface area contributed by atoms with Gasteiger partial charge >= 0.3 is 6.03 Å². The van der Waals surface area contributed by atoms with Crippen LogP contribution in [0.25, 0.3) is 0 Å². The van der Waals surface area contributed by atoms with Gasteiger partial charge in [-0.3, -0.25) is 14.7 Å². The number of nitrogens with zero attached hydrogens (tertiary/aromatic N) is 2. The largest absolute Gasteiger partial charge is 0.357 e. The van der Waals surface area contributed by atoms with Gasteiger partial charge in [0.05, 0.1) is 0 Å². The summed E-state index contributed by atoms with van der Waals surface area (Å²) in [4.78, 5) is 30.1. The van der Waals surface area contributed by atoms with Crippen molar-refractivity contribution in [1.29, 1.82) is 0 Å². The summed E-state index contributed by atoms with van der Waals surface area (Å²) in [6.45, 7) is 7.54. The molecule has 0 aromatic carbocycles. The Labute approximate surface area is 144 Å². The van der Waals surface area contributed by atoms with Gasteiger partial charge in [-0.15, -0.1) is 0 Å². The molecule has 0 spiro atoms. The SMILES string of the molecule is CCNC(=NCCCN1C(=O)NC(C)(CC)C1=O)NC1CCCC1. The molecule has 2 rings (SSSR count). The lowest BCUT2D eigenvalue weighted by atomic mass is 9.99. The standard InChI is InChI=1S/C17H31N5O2/c1-4-17(3)14(23)22(16(24)21-17)12-8-11-19-15(18-5-2)20-13-9-6-7-10-13/h13H,4-12H2,1-3H3,(H,21,24)(H2,18,19,20). The predicted molar refractivity (Wildman–Crippen MR) is 94.9 cm³/mol. The molecule has 1 atom stereocenters. The monoisotopic (exact) mass is 337 g/mol. The van der Waals surface area contributed by atoms with Crippen LogP contribution < -0.4 is 16.0 Å². The van der Waals surface area contributed by atoms with Crippen molar-refractivity contribution in [3.8, 4) is 0 Å². The van der Waals surface area contributed by atoms with Gasteiger partial charge < -0.3 is 16.0 Å². The number of guanidine groups is 1. The molecule has 2 aliphatic rings. The Bertz CT molecular complexity index is 487. The fraction of sp³-hybridized carbons (Fsp3) is 0.824. The van der Waals surface area contributed by atoms with Crippen LogP contribution in [0.15, 0.2) is 4.99 Å². The Kier molecular flexibility index (Phi) is 6.45. The Morgan fingerprint density at radius 1 is 1.33 bits per heavy atom. The highest BCUT2D eigenvalue weighted by atomic mass is 16.2. The molecule has 1 unspecified atom stereocenters. The number of rotatable bonds is 7. The summed E-state index contributed by atoms with van der Waals surface area (Å²) in [7, 11) is 0. The van der Waals surface area contributed by atoms with Crippen LogP contribution in [0.1, 0.15) is 59.3 Å². The summed E-state index contributed by atoms with van der Waals surface area (Å²) < 4.78 is 0. The molecule has 1 saturated carbocycles. The molecule has 0 aromatic rings. The molecular formula is C17H31N5O2. The van der Waals surface area contributed by atoms with Crippen molar-refractivity contribution in [1.82, 2.24) is 20.9 Å². The van der Waals surface area contributed by atoms with Crippen molar-refractivity contribution in [3.63, 3.8) is 0 Å². The molecule has 1 saturated heterocycles.